The van der Waals surface area contributed by atoms with E-state index in [4.69, 9.17) is 4.74 Å². The number of nitrogens with one attached hydrogen (secondary N) is 2. The van der Waals surface area contributed by atoms with Crippen molar-refractivity contribution in [3.63, 3.8) is 0 Å². The first kappa shape index (κ1) is 21.1. The minimum absolute atomic E-state index is 0.0643. The smallest absolute Gasteiger partial charge is 0.492 e. The predicted octanol–water partition coefficient (Wildman–Crippen LogP) is 4.73. The highest BCUT2D eigenvalue weighted by Gasteiger charge is 2.43. The molecule has 0 radical (unpaired) electrons. The van der Waals surface area contributed by atoms with Gasteiger partial charge in [0, 0.05) is 11.8 Å². The van der Waals surface area contributed by atoms with Crippen LogP contribution < -0.4 is 24.8 Å². The summed E-state index contributed by atoms with van der Waals surface area (Å²) in [5.41, 5.74) is 1.08. The van der Waals surface area contributed by atoms with E-state index in [1.165, 1.54) is 41.3 Å². The van der Waals surface area contributed by atoms with E-state index >= 15 is 0 Å². The summed E-state index contributed by atoms with van der Waals surface area (Å²) in [6.45, 7) is 2.44. The lowest BCUT2D eigenvalue weighted by atomic mass is 10.3. The number of amides is 1. The van der Waals surface area contributed by atoms with Gasteiger partial charge in [0.25, 0.3) is 0 Å². The fourth-order valence-electron chi connectivity index (χ4n) is 2.64. The highest BCUT2D eigenvalue weighted by atomic mass is 32.2. The molecule has 0 fully saturated rings. The number of para-hydroxylation sites is 2. The second-order valence-electron chi connectivity index (χ2n) is 6.09. The molecule has 0 atom stereocenters. The Morgan fingerprint density at radius 1 is 1.19 bits per heavy atom. The van der Waals surface area contributed by atoms with Gasteiger partial charge in [-0.05, 0) is 31.2 Å². The van der Waals surface area contributed by atoms with Gasteiger partial charge >= 0.3 is 6.29 Å². The molecule has 12 heteroatoms. The Morgan fingerprint density at radius 2 is 2.00 bits per heavy atom. The first-order valence-electron chi connectivity index (χ1n) is 9.07. The zero-order chi connectivity index (χ0) is 21.8. The van der Waals surface area contributed by atoms with Crippen molar-refractivity contribution in [3.8, 4) is 17.2 Å². The second-order valence-corrected chi connectivity index (χ2v) is 8.29. The molecule has 8 nitrogen and oxygen atoms in total. The molecule has 0 saturated carbocycles. The number of hydrogen-bond donors (Lipinski definition) is 2. The largest absolute Gasteiger partial charge is 0.586 e. The molecule has 4 rings (SSSR count). The van der Waals surface area contributed by atoms with E-state index in [1.54, 1.807) is 0 Å². The van der Waals surface area contributed by atoms with Crippen LogP contribution >= 0.6 is 23.1 Å². The molecular formula is C19H16F2N4O4S2. The lowest BCUT2D eigenvalue weighted by Gasteiger charge is -2.09. The van der Waals surface area contributed by atoms with E-state index in [2.05, 4.69) is 30.3 Å². The van der Waals surface area contributed by atoms with Crippen molar-refractivity contribution >= 4 is 45.5 Å². The maximum absolute atomic E-state index is 13.1. The van der Waals surface area contributed by atoms with E-state index in [9.17, 15) is 13.6 Å². The van der Waals surface area contributed by atoms with Crippen LogP contribution in [0.5, 0.6) is 17.2 Å². The third-order valence-electron chi connectivity index (χ3n) is 3.85. The summed E-state index contributed by atoms with van der Waals surface area (Å²) >= 11 is 2.50. The molecule has 1 aliphatic heterocycles. The summed E-state index contributed by atoms with van der Waals surface area (Å²) in [6, 6.07) is 11.5. The summed E-state index contributed by atoms with van der Waals surface area (Å²) in [6.07, 6.45) is -3.70. The van der Waals surface area contributed by atoms with Crippen LogP contribution in [0.2, 0.25) is 0 Å². The van der Waals surface area contributed by atoms with Crippen molar-refractivity contribution in [1.82, 2.24) is 10.2 Å². The highest BCUT2D eigenvalue weighted by molar-refractivity contribution is 8.01. The molecule has 1 amide bonds. The van der Waals surface area contributed by atoms with Crippen molar-refractivity contribution in [3.05, 3.63) is 42.5 Å². The lowest BCUT2D eigenvalue weighted by molar-refractivity contribution is -0.286. The number of rotatable bonds is 8. The maximum Gasteiger partial charge on any atom is 0.586 e. The van der Waals surface area contributed by atoms with E-state index in [-0.39, 0.29) is 23.2 Å². The number of anilines is 3. The average Bonchev–Trinajstić information content (AvgIpc) is 3.30. The molecule has 2 N–H and O–H groups in total. The van der Waals surface area contributed by atoms with Crippen LogP contribution in [-0.4, -0.2) is 34.8 Å². The number of fused-ring (bicyclic) bond motifs is 1. The highest BCUT2D eigenvalue weighted by Crippen LogP contribution is 2.42. The van der Waals surface area contributed by atoms with Crippen LogP contribution in [0.15, 0.2) is 46.8 Å². The van der Waals surface area contributed by atoms with Crippen LogP contribution in [0.3, 0.4) is 0 Å². The fraction of sp³-hybridized carbons (Fsp3) is 0.211. The van der Waals surface area contributed by atoms with Gasteiger partial charge < -0.3 is 24.8 Å². The van der Waals surface area contributed by atoms with Gasteiger partial charge in [-0.15, -0.1) is 19.0 Å². The normalized spacial score (nSPS) is 13.6. The third-order valence-corrected chi connectivity index (χ3v) is 5.82. The molecule has 0 unspecified atom stereocenters. The predicted molar refractivity (Wildman–Crippen MR) is 113 cm³/mol. The second kappa shape index (κ2) is 8.94. The third kappa shape index (κ3) is 5.33. The number of benzene rings is 2. The molecule has 1 aliphatic rings. The first-order chi connectivity index (χ1) is 14.9. The van der Waals surface area contributed by atoms with E-state index in [1.807, 2.05) is 31.2 Å². The summed E-state index contributed by atoms with van der Waals surface area (Å²) in [4.78, 5) is 12.2. The van der Waals surface area contributed by atoms with E-state index < -0.39 is 6.29 Å². The zero-order valence-electron chi connectivity index (χ0n) is 16.1. The number of hydrogen-bond acceptors (Lipinski definition) is 9. The van der Waals surface area contributed by atoms with Gasteiger partial charge in [-0.2, -0.15) is 0 Å². The van der Waals surface area contributed by atoms with Crippen molar-refractivity contribution in [1.29, 1.82) is 0 Å². The van der Waals surface area contributed by atoms with Crippen LogP contribution in [0.4, 0.5) is 25.3 Å². The first-order valence-corrected chi connectivity index (χ1v) is 10.9. The number of nitrogens with zero attached hydrogens (tertiary/aromatic N) is 2. The lowest BCUT2D eigenvalue weighted by Crippen LogP contribution is -2.25. The van der Waals surface area contributed by atoms with Gasteiger partial charge in [-0.1, -0.05) is 35.2 Å². The maximum atomic E-state index is 13.1. The number of carbonyl (C=O) groups is 1. The number of halogens is 2. The van der Waals surface area contributed by atoms with Crippen LogP contribution in [0.1, 0.15) is 6.92 Å². The van der Waals surface area contributed by atoms with Crippen molar-refractivity contribution in [2.45, 2.75) is 17.6 Å². The van der Waals surface area contributed by atoms with Crippen LogP contribution in [0, 0.1) is 0 Å². The molecule has 0 bridgehead atoms. The van der Waals surface area contributed by atoms with Crippen molar-refractivity contribution in [2.24, 2.45) is 0 Å². The quantitative estimate of drug-likeness (QED) is 0.460. The van der Waals surface area contributed by atoms with E-state index in [0.717, 1.165) is 5.69 Å². The van der Waals surface area contributed by atoms with Gasteiger partial charge in [0.05, 0.1) is 18.0 Å². The van der Waals surface area contributed by atoms with Gasteiger partial charge in [0.2, 0.25) is 11.0 Å². The summed E-state index contributed by atoms with van der Waals surface area (Å²) in [5, 5.41) is 14.5. The molecule has 1 aromatic heterocycles. The van der Waals surface area contributed by atoms with Crippen molar-refractivity contribution in [2.75, 3.05) is 23.0 Å². The molecule has 0 saturated heterocycles. The number of aromatic nitrogens is 2. The minimum atomic E-state index is -3.70. The summed E-state index contributed by atoms with van der Waals surface area (Å²) in [7, 11) is 0. The molecule has 31 heavy (non-hydrogen) atoms. The van der Waals surface area contributed by atoms with Gasteiger partial charge in [0.1, 0.15) is 5.75 Å². The molecular weight excluding hydrogens is 450 g/mol. The van der Waals surface area contributed by atoms with Gasteiger partial charge in [-0.3, -0.25) is 4.79 Å². The van der Waals surface area contributed by atoms with Crippen molar-refractivity contribution < 1.29 is 27.8 Å². The van der Waals surface area contributed by atoms with Gasteiger partial charge in [0.15, 0.2) is 15.8 Å². The van der Waals surface area contributed by atoms with E-state index in [0.29, 0.717) is 27.5 Å². The number of alkyl halides is 2. The number of ether oxygens (including phenoxy) is 3. The Labute approximate surface area is 183 Å². The number of carbonyl (C=O) groups excluding carboxylic acids is 1. The minimum Gasteiger partial charge on any atom is -0.492 e. The molecule has 162 valence electrons. The molecule has 3 aromatic rings. The van der Waals surface area contributed by atoms with Crippen LogP contribution in [0.25, 0.3) is 0 Å². The summed E-state index contributed by atoms with van der Waals surface area (Å²) in [5.74, 6) is 0.214. The molecule has 0 aliphatic carbocycles. The molecule has 2 aromatic carbocycles. The standard InChI is InChI=1S/C19H16F2N4O4S2/c1-2-27-13-6-4-3-5-12(13)23-17-24-25-18(31-17)30-10-16(26)22-11-7-8-14-15(9-11)29-19(20,21)28-14/h3-9H,2,10H2,1H3,(H,22,26)(H,23,24). The monoisotopic (exact) mass is 466 g/mol. The SMILES string of the molecule is CCOc1ccccc1Nc1nnc(SCC(=O)Nc2ccc3c(c2)OC(F)(F)O3)s1. The topological polar surface area (TPSA) is 94.6 Å². The average molecular weight is 466 g/mol. The summed E-state index contributed by atoms with van der Waals surface area (Å²) < 4.78 is 41.0. The Bertz CT molecular complexity index is 1100. The Hall–Kier alpha value is -3.12. The number of thioether (sulfide) groups is 1. The van der Waals surface area contributed by atoms with Gasteiger partial charge in [-0.25, -0.2) is 0 Å². The Kier molecular flexibility index (Phi) is 6.09. The zero-order valence-corrected chi connectivity index (χ0v) is 17.7. The Morgan fingerprint density at radius 3 is 2.84 bits per heavy atom. The Balaban J connectivity index is 1.31. The fourth-order valence-corrected chi connectivity index (χ4v) is 4.20. The van der Waals surface area contributed by atoms with Crippen LogP contribution in [-0.2, 0) is 4.79 Å². The molecule has 0 spiro atoms. The molecule has 2 heterocycles.